The second-order valence-electron chi connectivity index (χ2n) is 5.85. The number of rotatable bonds is 10. The van der Waals surface area contributed by atoms with Gasteiger partial charge >= 0.3 is 0 Å². The Labute approximate surface area is 163 Å². The second kappa shape index (κ2) is 11.4. The Hall–Kier alpha value is -1.35. The maximum atomic E-state index is 12.7. The molecule has 0 aliphatic heterocycles. The van der Waals surface area contributed by atoms with Crippen LogP contribution in [0.25, 0.3) is 0 Å². The molecular weight excluding hydrogens is 376 g/mol. The number of halogens is 1. The number of nitrogens with two attached hydrogens (primary N) is 1. The number of nitrogens with one attached hydrogen (secondary N) is 2. The highest BCUT2D eigenvalue weighted by Crippen LogP contribution is 2.27. The zero-order chi connectivity index (χ0) is 19.0. The van der Waals surface area contributed by atoms with E-state index in [0.717, 1.165) is 13.0 Å². The lowest BCUT2D eigenvalue weighted by molar-refractivity contribution is -0.119. The largest absolute Gasteiger partial charge is 0.383 e. The molecule has 26 heavy (non-hydrogen) atoms. The van der Waals surface area contributed by atoms with Crippen LogP contribution in [0.4, 0.5) is 11.4 Å². The van der Waals surface area contributed by atoms with E-state index in [1.54, 1.807) is 32.9 Å². The van der Waals surface area contributed by atoms with Gasteiger partial charge in [0.2, 0.25) is 15.9 Å². The third kappa shape index (κ3) is 6.12. The molecule has 0 aliphatic rings. The summed E-state index contributed by atoms with van der Waals surface area (Å²) in [4.78, 5) is 12.4. The fraction of sp³-hybridized carbons (Fsp3) is 0.588. The molecule has 4 N–H and O–H groups in total. The van der Waals surface area contributed by atoms with Gasteiger partial charge in [0.05, 0.1) is 16.3 Å². The number of nitrogens with zero attached hydrogens (tertiary/aromatic N) is 1. The molecule has 1 unspecified atom stereocenters. The minimum atomic E-state index is -3.59. The van der Waals surface area contributed by atoms with Gasteiger partial charge in [0.25, 0.3) is 0 Å². The first-order valence-corrected chi connectivity index (χ1v) is 10.1. The Morgan fingerprint density at radius 3 is 2.31 bits per heavy atom. The summed E-state index contributed by atoms with van der Waals surface area (Å²) >= 11 is 0. The molecule has 0 saturated heterocycles. The summed E-state index contributed by atoms with van der Waals surface area (Å²) in [5.74, 6) is -0.596. The van der Waals surface area contributed by atoms with Crippen LogP contribution in [0.3, 0.4) is 0 Å². The van der Waals surface area contributed by atoms with Crippen LogP contribution in [-0.2, 0) is 14.8 Å². The molecule has 9 heteroatoms. The molecule has 150 valence electrons. The monoisotopic (exact) mass is 406 g/mol. The van der Waals surface area contributed by atoms with Gasteiger partial charge in [-0.3, -0.25) is 4.79 Å². The van der Waals surface area contributed by atoms with Crippen molar-refractivity contribution in [3.8, 4) is 0 Å². The molecule has 1 aromatic rings. The van der Waals surface area contributed by atoms with E-state index >= 15 is 0 Å². The van der Waals surface area contributed by atoms with E-state index in [2.05, 4.69) is 10.6 Å². The van der Waals surface area contributed by atoms with Gasteiger partial charge in [-0.1, -0.05) is 27.7 Å². The summed E-state index contributed by atoms with van der Waals surface area (Å²) in [5, 5.41) is 6.00. The summed E-state index contributed by atoms with van der Waals surface area (Å²) in [6.07, 6.45) is 0.909. The van der Waals surface area contributed by atoms with Crippen LogP contribution in [0.2, 0.25) is 0 Å². The van der Waals surface area contributed by atoms with Gasteiger partial charge in [0.1, 0.15) is 0 Å². The Balaban J connectivity index is 0.00000625. The molecule has 1 atom stereocenters. The summed E-state index contributed by atoms with van der Waals surface area (Å²) in [6, 6.07) is 4.76. The van der Waals surface area contributed by atoms with E-state index in [9.17, 15) is 13.2 Å². The quantitative estimate of drug-likeness (QED) is 0.553. The first-order chi connectivity index (χ1) is 11.8. The van der Waals surface area contributed by atoms with Crippen molar-refractivity contribution in [2.75, 3.05) is 36.8 Å². The van der Waals surface area contributed by atoms with Crippen LogP contribution in [0.5, 0.6) is 0 Å². The van der Waals surface area contributed by atoms with Crippen molar-refractivity contribution < 1.29 is 13.2 Å². The third-order valence-electron chi connectivity index (χ3n) is 3.96. The van der Waals surface area contributed by atoms with Gasteiger partial charge in [-0.25, -0.2) is 8.42 Å². The van der Waals surface area contributed by atoms with Crippen molar-refractivity contribution in [3.05, 3.63) is 18.2 Å². The molecule has 0 aliphatic carbocycles. The van der Waals surface area contributed by atoms with Crippen LogP contribution in [0, 0.1) is 5.92 Å². The van der Waals surface area contributed by atoms with Crippen molar-refractivity contribution in [1.82, 2.24) is 4.31 Å². The van der Waals surface area contributed by atoms with E-state index in [1.165, 1.54) is 10.4 Å². The van der Waals surface area contributed by atoms with E-state index < -0.39 is 10.0 Å². The first-order valence-electron chi connectivity index (χ1n) is 8.70. The Bertz CT molecular complexity index is 679. The van der Waals surface area contributed by atoms with E-state index in [-0.39, 0.29) is 35.7 Å². The van der Waals surface area contributed by atoms with Crippen LogP contribution < -0.4 is 16.4 Å². The van der Waals surface area contributed by atoms with Crippen LogP contribution in [-0.4, -0.2) is 44.8 Å². The predicted octanol–water partition coefficient (Wildman–Crippen LogP) is 2.49. The molecule has 0 heterocycles. The maximum absolute atomic E-state index is 12.7. The van der Waals surface area contributed by atoms with Gasteiger partial charge in [-0.15, -0.1) is 12.4 Å². The van der Waals surface area contributed by atoms with Crippen molar-refractivity contribution in [3.63, 3.8) is 0 Å². The fourth-order valence-corrected chi connectivity index (χ4v) is 3.76. The highest BCUT2D eigenvalue weighted by Gasteiger charge is 2.23. The molecule has 7 nitrogen and oxygen atoms in total. The molecular formula is C17H31ClN4O3S. The summed E-state index contributed by atoms with van der Waals surface area (Å²) < 4.78 is 26.8. The normalized spacial score (nSPS) is 12.4. The maximum Gasteiger partial charge on any atom is 0.243 e. The molecule has 1 rings (SSSR count). The highest BCUT2D eigenvalue weighted by molar-refractivity contribution is 7.89. The number of benzene rings is 1. The molecule has 0 aromatic heterocycles. The highest BCUT2D eigenvalue weighted by atomic mass is 35.5. The molecule has 0 radical (unpaired) electrons. The number of carbonyl (C=O) groups excluding carboxylic acids is 1. The van der Waals surface area contributed by atoms with Crippen molar-refractivity contribution in [2.24, 2.45) is 11.7 Å². The number of hydrogen-bond donors (Lipinski definition) is 3. The Morgan fingerprint density at radius 1 is 1.19 bits per heavy atom. The molecule has 1 aromatic carbocycles. The van der Waals surface area contributed by atoms with E-state index in [0.29, 0.717) is 24.5 Å². The molecule has 0 saturated carbocycles. The van der Waals surface area contributed by atoms with Gasteiger partial charge in [0, 0.05) is 32.1 Å². The van der Waals surface area contributed by atoms with E-state index in [1.807, 2.05) is 6.92 Å². The average molecular weight is 407 g/mol. The average Bonchev–Trinajstić information content (AvgIpc) is 2.60. The first kappa shape index (κ1) is 24.7. The minimum Gasteiger partial charge on any atom is -0.383 e. The standard InChI is InChI=1S/C17H30N4O3S.ClH/c1-5-10-19-15-9-8-14(25(23,24)21(6-2)7-3)11-16(15)20-17(22)13(4)12-18;/h8-9,11,13,19H,5-7,10,12,18H2,1-4H3,(H,20,22);1H. The lowest BCUT2D eigenvalue weighted by Gasteiger charge is -2.20. The lowest BCUT2D eigenvalue weighted by Crippen LogP contribution is -2.31. The topological polar surface area (TPSA) is 105 Å². The van der Waals surface area contributed by atoms with Gasteiger partial charge < -0.3 is 16.4 Å². The van der Waals surface area contributed by atoms with Crippen LogP contribution >= 0.6 is 12.4 Å². The summed E-state index contributed by atoms with van der Waals surface area (Å²) in [5.41, 5.74) is 6.68. The van der Waals surface area contributed by atoms with E-state index in [4.69, 9.17) is 5.73 Å². The van der Waals surface area contributed by atoms with Crippen molar-refractivity contribution in [1.29, 1.82) is 0 Å². The predicted molar refractivity (Wildman–Crippen MR) is 109 cm³/mol. The third-order valence-corrected chi connectivity index (χ3v) is 6.00. The van der Waals surface area contributed by atoms with Gasteiger partial charge in [-0.2, -0.15) is 4.31 Å². The number of sulfonamides is 1. The minimum absolute atomic E-state index is 0. The zero-order valence-electron chi connectivity index (χ0n) is 15.9. The number of carbonyl (C=O) groups is 1. The van der Waals surface area contributed by atoms with Crippen molar-refractivity contribution in [2.45, 2.75) is 39.0 Å². The number of hydrogen-bond acceptors (Lipinski definition) is 5. The molecule has 0 fully saturated rings. The van der Waals surface area contributed by atoms with Crippen LogP contribution in [0.1, 0.15) is 34.1 Å². The summed E-state index contributed by atoms with van der Waals surface area (Å²) in [7, 11) is -3.59. The van der Waals surface area contributed by atoms with Crippen molar-refractivity contribution >= 4 is 39.7 Å². The number of amides is 1. The fourth-order valence-electron chi connectivity index (χ4n) is 2.28. The number of anilines is 2. The summed E-state index contributed by atoms with van der Waals surface area (Å²) in [6.45, 7) is 9.07. The smallest absolute Gasteiger partial charge is 0.243 e. The zero-order valence-corrected chi connectivity index (χ0v) is 17.5. The van der Waals surface area contributed by atoms with Gasteiger partial charge in [-0.05, 0) is 24.6 Å². The molecule has 1 amide bonds. The Morgan fingerprint density at radius 2 is 1.81 bits per heavy atom. The Kier molecular flexibility index (Phi) is 10.8. The molecule has 0 bridgehead atoms. The second-order valence-corrected chi connectivity index (χ2v) is 7.79. The van der Waals surface area contributed by atoms with Crippen LogP contribution in [0.15, 0.2) is 23.1 Å². The van der Waals surface area contributed by atoms with Gasteiger partial charge in [0.15, 0.2) is 0 Å². The SMILES string of the molecule is CCCNc1ccc(S(=O)(=O)N(CC)CC)cc1NC(=O)C(C)CN.Cl. The lowest BCUT2D eigenvalue weighted by atomic mass is 10.1. The molecule has 0 spiro atoms.